The SMILES string of the molecule is OC[C@H]1O[C@H](SSCc2ccccc2CSS[C@H]2O[C@H](CO)[C@@H](O)[C@H](O)[C@@H]2O)[C@@H](O)[C@@H](O)[C@@H]1O. The Morgan fingerprint density at radius 1 is 0.588 bits per heavy atom. The van der Waals surface area contributed by atoms with Gasteiger partial charge in [0, 0.05) is 11.5 Å². The summed E-state index contributed by atoms with van der Waals surface area (Å²) in [6, 6.07) is 7.70. The molecule has 2 fully saturated rings. The molecule has 2 aliphatic heterocycles. The second kappa shape index (κ2) is 13.7. The third kappa shape index (κ3) is 6.95. The first-order valence-corrected chi connectivity index (χ1v) is 15.3. The van der Waals surface area contributed by atoms with Crippen LogP contribution in [0.15, 0.2) is 24.3 Å². The van der Waals surface area contributed by atoms with Gasteiger partial charge in [-0.25, -0.2) is 0 Å². The lowest BCUT2D eigenvalue weighted by Gasteiger charge is -2.39. The third-order valence-corrected chi connectivity index (χ3v) is 10.5. The number of aliphatic hydroxyl groups is 8. The molecule has 0 amide bonds. The highest BCUT2D eigenvalue weighted by Crippen LogP contribution is 2.40. The van der Waals surface area contributed by atoms with Gasteiger partial charge in [0.1, 0.15) is 59.7 Å². The third-order valence-electron chi connectivity index (χ3n) is 5.57. The largest absolute Gasteiger partial charge is 0.394 e. The van der Waals surface area contributed by atoms with E-state index in [9.17, 15) is 40.9 Å². The lowest BCUT2D eigenvalue weighted by atomic mass is 10.0. The van der Waals surface area contributed by atoms with Crippen LogP contribution in [0, 0.1) is 0 Å². The van der Waals surface area contributed by atoms with Crippen LogP contribution in [0.4, 0.5) is 0 Å². The fourth-order valence-corrected chi connectivity index (χ4v) is 8.54. The van der Waals surface area contributed by atoms with Crippen molar-refractivity contribution in [2.24, 2.45) is 0 Å². The molecule has 14 heteroatoms. The number of ether oxygens (including phenoxy) is 2. The van der Waals surface area contributed by atoms with Crippen molar-refractivity contribution in [3.63, 3.8) is 0 Å². The van der Waals surface area contributed by atoms with E-state index in [0.717, 1.165) is 11.1 Å². The van der Waals surface area contributed by atoms with Gasteiger partial charge in [-0.15, -0.1) is 0 Å². The Kier molecular flexibility index (Phi) is 11.6. The normalized spacial score (nSPS) is 38.7. The predicted octanol–water partition coefficient (Wildman–Crippen LogP) is -0.951. The molecule has 0 aromatic heterocycles. The van der Waals surface area contributed by atoms with Crippen LogP contribution < -0.4 is 0 Å². The molecule has 0 bridgehead atoms. The Balaban J connectivity index is 1.50. The highest BCUT2D eigenvalue weighted by Gasteiger charge is 2.44. The highest BCUT2D eigenvalue weighted by molar-refractivity contribution is 8.76. The zero-order valence-corrected chi connectivity index (χ0v) is 21.2. The van der Waals surface area contributed by atoms with Gasteiger partial charge < -0.3 is 50.3 Å². The van der Waals surface area contributed by atoms with E-state index in [1.807, 2.05) is 24.3 Å². The predicted molar refractivity (Wildman–Crippen MR) is 132 cm³/mol. The smallest absolute Gasteiger partial charge is 0.142 e. The van der Waals surface area contributed by atoms with Crippen molar-refractivity contribution in [1.82, 2.24) is 0 Å². The van der Waals surface area contributed by atoms with E-state index in [4.69, 9.17) is 9.47 Å². The van der Waals surface area contributed by atoms with Crippen LogP contribution in [-0.2, 0) is 21.0 Å². The molecule has 10 atom stereocenters. The van der Waals surface area contributed by atoms with Gasteiger partial charge in [-0.2, -0.15) is 0 Å². The molecular formula is C20H30O10S4. The molecule has 34 heavy (non-hydrogen) atoms. The quantitative estimate of drug-likeness (QED) is 0.165. The monoisotopic (exact) mass is 558 g/mol. The van der Waals surface area contributed by atoms with Crippen molar-refractivity contribution in [2.45, 2.75) is 71.2 Å². The molecule has 2 aliphatic rings. The van der Waals surface area contributed by atoms with Gasteiger partial charge >= 0.3 is 0 Å². The minimum absolute atomic E-state index is 0.473. The average molecular weight is 559 g/mol. The Morgan fingerprint density at radius 2 is 0.971 bits per heavy atom. The summed E-state index contributed by atoms with van der Waals surface area (Å²) in [5.41, 5.74) is 0.408. The molecule has 0 spiro atoms. The van der Waals surface area contributed by atoms with Gasteiger partial charge in [0.15, 0.2) is 0 Å². The van der Waals surface area contributed by atoms with Crippen molar-refractivity contribution < 1.29 is 50.3 Å². The van der Waals surface area contributed by atoms with Crippen molar-refractivity contribution in [1.29, 1.82) is 0 Å². The fourth-order valence-electron chi connectivity index (χ4n) is 3.46. The second-order valence-electron chi connectivity index (χ2n) is 7.88. The fraction of sp³-hybridized carbons (Fsp3) is 0.700. The topological polar surface area (TPSA) is 180 Å². The number of hydrogen-bond donors (Lipinski definition) is 8. The lowest BCUT2D eigenvalue weighted by molar-refractivity contribution is -0.205. The Morgan fingerprint density at radius 3 is 1.32 bits per heavy atom. The van der Waals surface area contributed by atoms with Crippen molar-refractivity contribution in [3.8, 4) is 0 Å². The van der Waals surface area contributed by atoms with Crippen LogP contribution in [0.5, 0.6) is 0 Å². The van der Waals surface area contributed by atoms with Gasteiger partial charge in [0.25, 0.3) is 0 Å². The maximum absolute atomic E-state index is 10.2. The lowest BCUT2D eigenvalue weighted by Crippen LogP contribution is -2.57. The number of rotatable bonds is 10. The molecule has 10 nitrogen and oxygen atoms in total. The molecule has 1 aromatic carbocycles. The van der Waals surface area contributed by atoms with Crippen LogP contribution in [0.1, 0.15) is 11.1 Å². The summed E-state index contributed by atoms with van der Waals surface area (Å²) in [4.78, 5) is 0. The minimum Gasteiger partial charge on any atom is -0.394 e. The van der Waals surface area contributed by atoms with E-state index in [1.54, 1.807) is 0 Å². The van der Waals surface area contributed by atoms with Crippen molar-refractivity contribution in [3.05, 3.63) is 35.4 Å². The Labute approximate surface area is 212 Å². The molecule has 8 N–H and O–H groups in total. The van der Waals surface area contributed by atoms with E-state index in [-0.39, 0.29) is 0 Å². The molecule has 0 aliphatic carbocycles. The Hall–Kier alpha value is 0.220. The maximum Gasteiger partial charge on any atom is 0.142 e. The van der Waals surface area contributed by atoms with Crippen molar-refractivity contribution in [2.75, 3.05) is 13.2 Å². The molecule has 0 unspecified atom stereocenters. The zero-order valence-electron chi connectivity index (χ0n) is 17.9. The van der Waals surface area contributed by atoms with E-state index in [0.29, 0.717) is 11.5 Å². The van der Waals surface area contributed by atoms with Gasteiger partial charge in [0.05, 0.1) is 13.2 Å². The summed E-state index contributed by atoms with van der Waals surface area (Å²) in [5, 5.41) is 78.6. The summed E-state index contributed by atoms with van der Waals surface area (Å²) in [6.45, 7) is -0.947. The van der Waals surface area contributed by atoms with E-state index in [2.05, 4.69) is 0 Å². The van der Waals surface area contributed by atoms with Crippen LogP contribution in [0.3, 0.4) is 0 Å². The summed E-state index contributed by atoms with van der Waals surface area (Å²) in [7, 11) is 5.21. The number of benzene rings is 1. The first kappa shape index (κ1) is 28.8. The van der Waals surface area contributed by atoms with Crippen LogP contribution in [0.2, 0.25) is 0 Å². The van der Waals surface area contributed by atoms with Gasteiger partial charge in [-0.3, -0.25) is 0 Å². The average Bonchev–Trinajstić information content (AvgIpc) is 2.84. The van der Waals surface area contributed by atoms with Gasteiger partial charge in [0.2, 0.25) is 0 Å². The minimum atomic E-state index is -1.41. The molecule has 194 valence electrons. The van der Waals surface area contributed by atoms with Crippen LogP contribution >= 0.6 is 43.2 Å². The highest BCUT2D eigenvalue weighted by atomic mass is 33.1. The molecule has 0 radical (unpaired) electrons. The van der Waals surface area contributed by atoms with Crippen LogP contribution in [-0.4, -0.2) is 114 Å². The maximum atomic E-state index is 10.2. The van der Waals surface area contributed by atoms with Gasteiger partial charge in [-0.1, -0.05) is 67.4 Å². The second-order valence-corrected chi connectivity index (χ2v) is 12.8. The van der Waals surface area contributed by atoms with E-state index in [1.165, 1.54) is 43.2 Å². The van der Waals surface area contributed by atoms with Gasteiger partial charge in [-0.05, 0) is 11.1 Å². The molecule has 0 saturated carbocycles. The standard InChI is InChI=1S/C20H30O10S4/c21-5-11-13(23)15(25)17(27)19(29-11)33-31-7-9-3-1-2-4-10(9)8-32-34-20-18(28)16(26)14(24)12(6-22)30-20/h1-4,11-28H,5-8H2/t11-,12-,13-,14-,15+,16+,17+,18+,19-,20-/m1/s1. The van der Waals surface area contributed by atoms with Crippen LogP contribution in [0.25, 0.3) is 0 Å². The summed E-state index contributed by atoms with van der Waals surface area (Å²) in [6.07, 6.45) is -10.1. The summed E-state index contributed by atoms with van der Waals surface area (Å²) < 4.78 is 11.0. The molecule has 3 rings (SSSR count). The number of hydrogen-bond acceptors (Lipinski definition) is 14. The number of aliphatic hydroxyl groups excluding tert-OH is 8. The van der Waals surface area contributed by atoms with E-state index >= 15 is 0 Å². The summed E-state index contributed by atoms with van der Waals surface area (Å²) in [5.74, 6) is 1.11. The summed E-state index contributed by atoms with van der Waals surface area (Å²) >= 11 is 0. The zero-order chi connectivity index (χ0) is 24.8. The first-order chi connectivity index (χ1) is 16.3. The van der Waals surface area contributed by atoms with E-state index < -0.39 is 72.9 Å². The molecule has 2 heterocycles. The van der Waals surface area contributed by atoms with Crippen molar-refractivity contribution >= 4 is 43.2 Å². The molecule has 1 aromatic rings. The first-order valence-electron chi connectivity index (χ1n) is 10.5. The Bertz CT molecular complexity index is 699. The molecular weight excluding hydrogens is 528 g/mol. The molecule has 2 saturated heterocycles.